The fourth-order valence-corrected chi connectivity index (χ4v) is 5.37. The Morgan fingerprint density at radius 3 is 2.85 bits per heavy atom. The van der Waals surface area contributed by atoms with Crippen molar-refractivity contribution in [1.82, 2.24) is 14.5 Å². The lowest BCUT2D eigenvalue weighted by atomic mass is 9.95. The van der Waals surface area contributed by atoms with Crippen molar-refractivity contribution >= 4 is 21.4 Å². The van der Waals surface area contributed by atoms with Crippen LogP contribution in [0.25, 0.3) is 0 Å². The second-order valence-corrected chi connectivity index (χ2v) is 9.77. The Hall–Kier alpha value is -1.91. The predicted molar refractivity (Wildman–Crippen MR) is 99.4 cm³/mol. The smallest absolute Gasteiger partial charge is 0.231 e. The molecule has 0 bridgehead atoms. The van der Waals surface area contributed by atoms with Gasteiger partial charge in [-0.05, 0) is 25.5 Å². The van der Waals surface area contributed by atoms with E-state index >= 15 is 0 Å². The van der Waals surface area contributed by atoms with Crippen molar-refractivity contribution in [2.24, 2.45) is 0 Å². The van der Waals surface area contributed by atoms with E-state index in [-0.39, 0.29) is 16.9 Å². The first kappa shape index (κ1) is 18.5. The Morgan fingerprint density at radius 1 is 1.33 bits per heavy atom. The quantitative estimate of drug-likeness (QED) is 0.738. The maximum Gasteiger partial charge on any atom is 0.231 e. The summed E-state index contributed by atoms with van der Waals surface area (Å²) in [6, 6.07) is 3.81. The van der Waals surface area contributed by atoms with Crippen molar-refractivity contribution in [2.45, 2.75) is 29.5 Å². The van der Waals surface area contributed by atoms with E-state index in [0.29, 0.717) is 18.0 Å². The number of piperidine rings is 1. The lowest BCUT2D eigenvalue weighted by Gasteiger charge is -2.32. The fourth-order valence-electron chi connectivity index (χ4n) is 3.64. The third kappa shape index (κ3) is 3.74. The average Bonchev–Trinajstić information content (AvgIpc) is 3.30. The zero-order chi connectivity index (χ0) is 19.0. The number of ether oxygens (including phenoxy) is 3. The van der Waals surface area contributed by atoms with Gasteiger partial charge in [0.05, 0.1) is 12.8 Å². The number of hydrogen-bond acceptors (Lipinski definition) is 9. The molecule has 4 rings (SSSR count). The van der Waals surface area contributed by atoms with Gasteiger partial charge in [0.1, 0.15) is 5.75 Å². The van der Waals surface area contributed by atoms with Crippen molar-refractivity contribution in [3.63, 3.8) is 0 Å². The van der Waals surface area contributed by atoms with Crippen LogP contribution in [0.5, 0.6) is 17.2 Å². The van der Waals surface area contributed by atoms with E-state index in [1.807, 2.05) is 12.1 Å². The van der Waals surface area contributed by atoms with Crippen LogP contribution in [-0.4, -0.2) is 56.2 Å². The van der Waals surface area contributed by atoms with E-state index in [1.165, 1.54) is 6.26 Å². The predicted octanol–water partition coefficient (Wildman–Crippen LogP) is 2.06. The topological polar surface area (TPSA) is 90.9 Å². The van der Waals surface area contributed by atoms with E-state index in [4.69, 9.17) is 14.2 Å². The molecule has 1 fully saturated rings. The van der Waals surface area contributed by atoms with Crippen LogP contribution in [-0.2, 0) is 16.4 Å². The first-order valence-corrected chi connectivity index (χ1v) is 11.3. The summed E-state index contributed by atoms with van der Waals surface area (Å²) in [6.45, 7) is 2.56. The van der Waals surface area contributed by atoms with Crippen LogP contribution in [0.4, 0.5) is 0 Å². The van der Waals surface area contributed by atoms with E-state index in [9.17, 15) is 8.42 Å². The standard InChI is InChI=1S/C17H21N3O5S2/c1-23-13-7-15-14(24-10-25-15)6-12(13)9-20-5-3-4-11(8-20)16-17(26-19-18-16)27(2,21)22/h6-7,11H,3-5,8-10H2,1-2H3/t11-/m0/s1. The second-order valence-electron chi connectivity index (χ2n) is 6.81. The molecule has 2 aliphatic heterocycles. The van der Waals surface area contributed by atoms with Gasteiger partial charge in [0, 0.05) is 48.4 Å². The first-order valence-electron chi connectivity index (χ1n) is 8.67. The maximum atomic E-state index is 12.0. The highest BCUT2D eigenvalue weighted by molar-refractivity contribution is 7.92. The number of hydrogen-bond donors (Lipinski definition) is 0. The molecule has 1 atom stereocenters. The zero-order valence-corrected chi connectivity index (χ0v) is 16.8. The van der Waals surface area contributed by atoms with Gasteiger partial charge in [0.15, 0.2) is 25.5 Å². The third-order valence-corrected chi connectivity index (χ3v) is 7.43. The van der Waals surface area contributed by atoms with Crippen LogP contribution in [0.1, 0.15) is 30.0 Å². The average molecular weight is 412 g/mol. The van der Waals surface area contributed by atoms with Gasteiger partial charge < -0.3 is 14.2 Å². The first-order chi connectivity index (χ1) is 13.0. The van der Waals surface area contributed by atoms with Gasteiger partial charge in [-0.2, -0.15) is 0 Å². The van der Waals surface area contributed by atoms with E-state index < -0.39 is 9.84 Å². The van der Waals surface area contributed by atoms with Crippen LogP contribution >= 0.6 is 11.5 Å². The number of aromatic nitrogens is 2. The van der Waals surface area contributed by atoms with Crippen LogP contribution in [0, 0.1) is 0 Å². The van der Waals surface area contributed by atoms with Gasteiger partial charge in [-0.3, -0.25) is 4.90 Å². The maximum absolute atomic E-state index is 12.0. The number of rotatable bonds is 5. The number of benzene rings is 1. The molecule has 0 radical (unpaired) electrons. The second kappa shape index (κ2) is 7.25. The van der Waals surface area contributed by atoms with Crippen molar-refractivity contribution in [1.29, 1.82) is 0 Å². The highest BCUT2D eigenvalue weighted by Crippen LogP contribution is 2.39. The molecule has 8 nitrogen and oxygen atoms in total. The van der Waals surface area contributed by atoms with Gasteiger partial charge in [-0.15, -0.1) is 5.10 Å². The molecule has 1 aromatic carbocycles. The van der Waals surface area contributed by atoms with Crippen LogP contribution < -0.4 is 14.2 Å². The minimum Gasteiger partial charge on any atom is -0.496 e. The largest absolute Gasteiger partial charge is 0.496 e. The molecule has 0 amide bonds. The summed E-state index contributed by atoms with van der Waals surface area (Å²) in [7, 11) is -1.67. The van der Waals surface area contributed by atoms with Gasteiger partial charge in [0.2, 0.25) is 6.79 Å². The number of sulfone groups is 1. The van der Waals surface area contributed by atoms with E-state index in [1.54, 1.807) is 7.11 Å². The van der Waals surface area contributed by atoms with Gasteiger partial charge >= 0.3 is 0 Å². The van der Waals surface area contributed by atoms with Crippen molar-refractivity contribution in [3.8, 4) is 17.2 Å². The molecule has 0 unspecified atom stereocenters. The minimum absolute atomic E-state index is 0.0576. The molecular weight excluding hydrogens is 390 g/mol. The van der Waals surface area contributed by atoms with Crippen molar-refractivity contribution < 1.29 is 22.6 Å². The summed E-state index contributed by atoms with van der Waals surface area (Å²) in [6.07, 6.45) is 3.09. The summed E-state index contributed by atoms with van der Waals surface area (Å²) in [5.74, 6) is 2.23. The van der Waals surface area contributed by atoms with Crippen LogP contribution in [0.15, 0.2) is 16.3 Å². The number of fused-ring (bicyclic) bond motifs is 1. The number of likely N-dealkylation sites (tertiary alicyclic amines) is 1. The molecule has 1 saturated heterocycles. The Labute approximate surface area is 162 Å². The van der Waals surface area contributed by atoms with Gasteiger partial charge in [-0.25, -0.2) is 8.42 Å². The van der Waals surface area contributed by atoms with Crippen LogP contribution in [0.2, 0.25) is 0 Å². The molecule has 2 aromatic rings. The number of methoxy groups -OCH3 is 1. The zero-order valence-electron chi connectivity index (χ0n) is 15.2. The summed E-state index contributed by atoms with van der Waals surface area (Å²) in [5.41, 5.74) is 1.62. The van der Waals surface area contributed by atoms with Crippen LogP contribution in [0.3, 0.4) is 0 Å². The van der Waals surface area contributed by atoms with E-state index in [0.717, 1.165) is 54.5 Å². The van der Waals surface area contributed by atoms with Gasteiger partial charge in [-0.1, -0.05) is 4.49 Å². The Bertz CT molecular complexity index is 944. The molecule has 146 valence electrons. The van der Waals surface area contributed by atoms with Crippen molar-refractivity contribution in [3.05, 3.63) is 23.4 Å². The normalized spacial score (nSPS) is 20.0. The molecule has 1 aromatic heterocycles. The highest BCUT2D eigenvalue weighted by Gasteiger charge is 2.30. The summed E-state index contributed by atoms with van der Waals surface area (Å²) < 4.78 is 44.6. The molecule has 10 heteroatoms. The fraction of sp³-hybridized carbons (Fsp3) is 0.529. The lowest BCUT2D eigenvalue weighted by Crippen LogP contribution is -2.34. The molecule has 0 saturated carbocycles. The monoisotopic (exact) mass is 411 g/mol. The molecule has 2 aliphatic rings. The van der Waals surface area contributed by atoms with Gasteiger partial charge in [0.25, 0.3) is 0 Å². The summed E-state index contributed by atoms with van der Waals surface area (Å²) in [4.78, 5) is 2.29. The summed E-state index contributed by atoms with van der Waals surface area (Å²) in [5, 5.41) is 4.13. The van der Waals surface area contributed by atoms with E-state index in [2.05, 4.69) is 14.5 Å². The SMILES string of the molecule is COc1cc2c(cc1CN1CCC[C@H](c3nnsc3S(C)(=O)=O)C1)OCO2. The summed E-state index contributed by atoms with van der Waals surface area (Å²) >= 11 is 0.957. The third-order valence-electron chi connectivity index (χ3n) is 4.88. The molecule has 27 heavy (non-hydrogen) atoms. The highest BCUT2D eigenvalue weighted by atomic mass is 32.2. The Kier molecular flexibility index (Phi) is 4.95. The minimum atomic E-state index is -3.31. The molecule has 0 aliphatic carbocycles. The Balaban J connectivity index is 1.54. The molecule has 0 spiro atoms. The molecular formula is C17H21N3O5S2. The lowest BCUT2D eigenvalue weighted by molar-refractivity contribution is 0.173. The van der Waals surface area contributed by atoms with Crippen molar-refractivity contribution in [2.75, 3.05) is 33.2 Å². The number of nitrogens with zero attached hydrogens (tertiary/aromatic N) is 3. The molecule has 0 N–H and O–H groups in total. The molecule has 3 heterocycles. The Morgan fingerprint density at radius 2 is 2.11 bits per heavy atom.